The highest BCUT2D eigenvalue weighted by molar-refractivity contribution is 7.90. The molecule has 182 valence electrons. The number of terminal acetylenes is 1. The van der Waals surface area contributed by atoms with Gasteiger partial charge in [0.25, 0.3) is 10.0 Å². The zero-order chi connectivity index (χ0) is 24.7. The van der Waals surface area contributed by atoms with Gasteiger partial charge in [0, 0.05) is 24.3 Å². The van der Waals surface area contributed by atoms with Crippen LogP contribution in [0.15, 0.2) is 47.4 Å². The summed E-state index contributed by atoms with van der Waals surface area (Å²) >= 11 is 0. The highest BCUT2D eigenvalue weighted by Crippen LogP contribution is 2.22. The molecule has 11 heteroatoms. The molecule has 3 unspecified atom stereocenters. The quantitative estimate of drug-likeness (QED) is 0.339. The third kappa shape index (κ3) is 6.60. The van der Waals surface area contributed by atoms with Crippen molar-refractivity contribution in [2.45, 2.75) is 43.8 Å². The van der Waals surface area contributed by atoms with Gasteiger partial charge in [-0.15, -0.1) is 6.42 Å². The molecule has 0 aromatic heterocycles. The van der Waals surface area contributed by atoms with E-state index >= 15 is 0 Å². The Labute approximate surface area is 198 Å². The number of aryl methyl sites for hydroxylation is 1. The van der Waals surface area contributed by atoms with Crippen LogP contribution in [0.1, 0.15) is 18.9 Å². The molecule has 9 nitrogen and oxygen atoms in total. The van der Waals surface area contributed by atoms with Gasteiger partial charge < -0.3 is 15.4 Å². The maximum atomic E-state index is 14.5. The highest BCUT2D eigenvalue weighted by atomic mass is 32.2. The van der Waals surface area contributed by atoms with Gasteiger partial charge in [0.1, 0.15) is 31.0 Å². The lowest BCUT2D eigenvalue weighted by Gasteiger charge is -2.36. The van der Waals surface area contributed by atoms with Gasteiger partial charge >= 0.3 is 0 Å². The molecule has 1 heterocycles. The molecule has 1 fully saturated rings. The lowest BCUT2D eigenvalue weighted by Crippen LogP contribution is -2.64. The molecule has 2 aromatic carbocycles. The second kappa shape index (κ2) is 11.2. The van der Waals surface area contributed by atoms with Crippen LogP contribution >= 0.6 is 0 Å². The maximum Gasteiger partial charge on any atom is 0.264 e. The van der Waals surface area contributed by atoms with Gasteiger partial charge in [0.05, 0.1) is 4.90 Å². The van der Waals surface area contributed by atoms with E-state index in [-0.39, 0.29) is 24.5 Å². The van der Waals surface area contributed by atoms with Crippen molar-refractivity contribution >= 4 is 27.3 Å². The van der Waals surface area contributed by atoms with Gasteiger partial charge in [-0.2, -0.15) is 0 Å². The second-order valence-corrected chi connectivity index (χ2v) is 9.32. The molecule has 0 radical (unpaired) electrons. The fraction of sp³-hybridized carbons (Fsp3) is 0.348. The average Bonchev–Trinajstić information content (AvgIpc) is 2.81. The molecule has 3 atom stereocenters. The molecular formula is C23H28FN5O4S. The second-order valence-electron chi connectivity index (χ2n) is 7.67. The van der Waals surface area contributed by atoms with Crippen LogP contribution in [0, 0.1) is 19.3 Å². The zero-order valence-electron chi connectivity index (χ0n) is 18.9. The largest absolute Gasteiger partial charge is 0.481 e. The Balaban J connectivity index is 1.67. The van der Waals surface area contributed by atoms with E-state index in [1.165, 1.54) is 6.07 Å². The molecule has 0 bridgehead atoms. The molecular weight excluding hydrogens is 461 g/mol. The van der Waals surface area contributed by atoms with E-state index in [1.807, 2.05) is 4.72 Å². The Morgan fingerprint density at radius 2 is 1.91 bits per heavy atom. The van der Waals surface area contributed by atoms with Crippen LogP contribution in [0.3, 0.4) is 0 Å². The summed E-state index contributed by atoms with van der Waals surface area (Å²) in [4.78, 5) is 11.6. The number of ether oxygens (including phenoxy) is 1. The fourth-order valence-corrected chi connectivity index (χ4v) is 4.62. The Morgan fingerprint density at radius 3 is 2.59 bits per heavy atom. The fourth-order valence-electron chi connectivity index (χ4n) is 3.29. The molecule has 0 aliphatic carbocycles. The minimum atomic E-state index is -4.01. The van der Waals surface area contributed by atoms with Crippen molar-refractivity contribution in [3.63, 3.8) is 0 Å². The molecule has 34 heavy (non-hydrogen) atoms. The number of carbonyl (C=O) groups excluding carboxylic acids is 1. The van der Waals surface area contributed by atoms with Crippen molar-refractivity contribution in [1.29, 1.82) is 0 Å². The van der Waals surface area contributed by atoms with E-state index in [1.54, 1.807) is 50.2 Å². The minimum absolute atomic E-state index is 0.0136. The Hall–Kier alpha value is -3.33. The summed E-state index contributed by atoms with van der Waals surface area (Å²) < 4.78 is 47.1. The molecule has 3 rings (SSSR count). The molecule has 1 aliphatic rings. The van der Waals surface area contributed by atoms with Crippen LogP contribution in [0.2, 0.25) is 0 Å². The number of amides is 1. The van der Waals surface area contributed by atoms with E-state index < -0.39 is 34.6 Å². The summed E-state index contributed by atoms with van der Waals surface area (Å²) in [6, 6.07) is 11.7. The Kier molecular flexibility index (Phi) is 8.33. The third-order valence-corrected chi connectivity index (χ3v) is 6.60. The van der Waals surface area contributed by atoms with Crippen molar-refractivity contribution in [3.05, 3.63) is 48.0 Å². The van der Waals surface area contributed by atoms with Gasteiger partial charge in [-0.05, 0) is 48.9 Å². The first kappa shape index (κ1) is 25.3. The molecule has 2 aromatic rings. The maximum absolute atomic E-state index is 14.5. The number of benzene rings is 2. The van der Waals surface area contributed by atoms with E-state index in [9.17, 15) is 17.6 Å². The average molecular weight is 490 g/mol. The summed E-state index contributed by atoms with van der Waals surface area (Å²) in [5.41, 5.74) is 1.65. The number of hydrogen-bond acceptors (Lipinski definition) is 8. The van der Waals surface area contributed by atoms with E-state index in [4.69, 9.17) is 11.2 Å². The van der Waals surface area contributed by atoms with Crippen LogP contribution in [0.25, 0.3) is 0 Å². The predicted molar refractivity (Wildman–Crippen MR) is 128 cm³/mol. The normalized spacial score (nSPS) is 20.1. The number of nitrogens with one attached hydrogen (secondary N) is 5. The zero-order valence-corrected chi connectivity index (χ0v) is 19.7. The van der Waals surface area contributed by atoms with Gasteiger partial charge in [-0.3, -0.25) is 15.4 Å². The van der Waals surface area contributed by atoms with Gasteiger partial charge in [-0.25, -0.2) is 17.5 Å². The first-order valence-electron chi connectivity index (χ1n) is 10.7. The SMILES string of the molecule is C#CCOc1ccc(NC2NC(Nc3ccc(C)c(S(=O)(=O)NC(=O)CC)c3)NCC2F)cc1. The van der Waals surface area contributed by atoms with Crippen molar-refractivity contribution in [1.82, 2.24) is 15.4 Å². The number of halogens is 1. The number of carbonyl (C=O) groups is 1. The molecule has 5 N–H and O–H groups in total. The van der Waals surface area contributed by atoms with Crippen molar-refractivity contribution < 1.29 is 22.3 Å². The summed E-state index contributed by atoms with van der Waals surface area (Å²) in [7, 11) is -4.01. The molecule has 0 spiro atoms. The van der Waals surface area contributed by atoms with Crippen molar-refractivity contribution in [2.24, 2.45) is 0 Å². The topological polar surface area (TPSA) is 121 Å². The first-order chi connectivity index (χ1) is 16.2. The summed E-state index contributed by atoms with van der Waals surface area (Å²) in [6.07, 6.45) is 2.73. The predicted octanol–water partition coefficient (Wildman–Crippen LogP) is 1.89. The Morgan fingerprint density at radius 1 is 1.21 bits per heavy atom. The first-order valence-corrected chi connectivity index (χ1v) is 12.2. The minimum Gasteiger partial charge on any atom is -0.481 e. The van der Waals surface area contributed by atoms with E-state index in [0.29, 0.717) is 22.7 Å². The van der Waals surface area contributed by atoms with E-state index in [2.05, 4.69) is 27.2 Å². The highest BCUT2D eigenvalue weighted by Gasteiger charge is 2.30. The van der Waals surface area contributed by atoms with Crippen LogP contribution < -0.4 is 30.7 Å². The summed E-state index contributed by atoms with van der Waals surface area (Å²) in [5, 5.41) is 12.3. The number of anilines is 2. The van der Waals surface area contributed by atoms with Crippen LogP contribution in [0.4, 0.5) is 15.8 Å². The van der Waals surface area contributed by atoms with Crippen molar-refractivity contribution in [2.75, 3.05) is 23.8 Å². The number of hydrogen-bond donors (Lipinski definition) is 5. The smallest absolute Gasteiger partial charge is 0.264 e. The lowest BCUT2D eigenvalue weighted by atomic mass is 10.2. The number of sulfonamides is 1. The standard InChI is InChI=1S/C23H28FN5O4S/c1-4-12-33-18-10-8-16(9-11-18)26-22-19(24)14-25-23(28-22)27-17-7-6-15(3)20(13-17)34(31,32)29-21(30)5-2/h1,6-11,13,19,22-23,25-28H,5,12,14H2,2-3H3,(H,29,30). The monoisotopic (exact) mass is 489 g/mol. The molecule has 1 saturated heterocycles. The van der Waals surface area contributed by atoms with Gasteiger partial charge in [-0.1, -0.05) is 18.9 Å². The third-order valence-electron chi connectivity index (χ3n) is 5.08. The molecule has 1 amide bonds. The van der Waals surface area contributed by atoms with Crippen LogP contribution in [0.5, 0.6) is 5.75 Å². The van der Waals surface area contributed by atoms with Gasteiger partial charge in [0.15, 0.2) is 0 Å². The van der Waals surface area contributed by atoms with Crippen molar-refractivity contribution in [3.8, 4) is 18.1 Å². The molecule has 1 aliphatic heterocycles. The number of alkyl halides is 1. The summed E-state index contributed by atoms with van der Waals surface area (Å²) in [5.74, 6) is 2.41. The summed E-state index contributed by atoms with van der Waals surface area (Å²) in [6.45, 7) is 3.44. The number of rotatable bonds is 9. The lowest BCUT2D eigenvalue weighted by molar-refractivity contribution is -0.119. The Bertz CT molecular complexity index is 1150. The van der Waals surface area contributed by atoms with Gasteiger partial charge in [0.2, 0.25) is 5.91 Å². The van der Waals surface area contributed by atoms with Crippen LogP contribution in [-0.2, 0) is 14.8 Å². The van der Waals surface area contributed by atoms with Crippen LogP contribution in [-0.4, -0.2) is 46.1 Å². The molecule has 0 saturated carbocycles. The van der Waals surface area contributed by atoms with E-state index in [0.717, 1.165) is 0 Å².